The maximum absolute atomic E-state index is 6.51. The molecule has 0 saturated carbocycles. The molecule has 136 valence electrons. The number of rotatable bonds is 4. The molecular formula is C19H37NO3. The Morgan fingerprint density at radius 3 is 1.96 bits per heavy atom. The van der Waals surface area contributed by atoms with Crippen LogP contribution < -0.4 is 0 Å². The third-order valence-electron chi connectivity index (χ3n) is 7.02. The smallest absolute Gasteiger partial charge is 0.174 e. The first-order valence-electron chi connectivity index (χ1n) is 9.27. The van der Waals surface area contributed by atoms with E-state index in [1.54, 1.807) is 7.11 Å². The Morgan fingerprint density at radius 2 is 1.57 bits per heavy atom. The zero-order valence-electron chi connectivity index (χ0n) is 16.5. The van der Waals surface area contributed by atoms with Gasteiger partial charge in [0, 0.05) is 23.3 Å². The lowest BCUT2D eigenvalue weighted by Gasteiger charge is -2.64. The first-order chi connectivity index (χ1) is 10.7. The Balaban J connectivity index is 2.39. The van der Waals surface area contributed by atoms with Crippen LogP contribution in [0.2, 0.25) is 0 Å². The molecular weight excluding hydrogens is 290 g/mol. The molecule has 0 aromatic carbocycles. The summed E-state index contributed by atoms with van der Waals surface area (Å²) in [6.07, 6.45) is 3.93. The van der Waals surface area contributed by atoms with Gasteiger partial charge in [-0.2, -0.15) is 5.06 Å². The van der Waals surface area contributed by atoms with Crippen molar-refractivity contribution in [2.24, 2.45) is 11.3 Å². The molecule has 4 heteroatoms. The summed E-state index contributed by atoms with van der Waals surface area (Å²) in [6, 6.07) is 0. The van der Waals surface area contributed by atoms with Gasteiger partial charge in [-0.05, 0) is 33.1 Å². The van der Waals surface area contributed by atoms with E-state index in [-0.39, 0.29) is 22.4 Å². The number of hydrogen-bond acceptors (Lipinski definition) is 4. The highest BCUT2D eigenvalue weighted by atomic mass is 16.7. The van der Waals surface area contributed by atoms with Gasteiger partial charge < -0.3 is 14.3 Å². The maximum Gasteiger partial charge on any atom is 0.174 e. The van der Waals surface area contributed by atoms with Gasteiger partial charge in [0.25, 0.3) is 0 Å². The molecule has 1 spiro atoms. The minimum Gasteiger partial charge on any atom is -0.349 e. The van der Waals surface area contributed by atoms with E-state index in [4.69, 9.17) is 14.3 Å². The number of hydroxylamine groups is 2. The first-order valence-corrected chi connectivity index (χ1v) is 9.27. The van der Waals surface area contributed by atoms with E-state index < -0.39 is 5.79 Å². The second-order valence-corrected chi connectivity index (χ2v) is 8.49. The van der Waals surface area contributed by atoms with Crippen LogP contribution in [0, 0.1) is 11.3 Å². The van der Waals surface area contributed by atoms with Gasteiger partial charge in [-0.25, -0.2) is 0 Å². The van der Waals surface area contributed by atoms with E-state index in [9.17, 15) is 0 Å². The van der Waals surface area contributed by atoms with Crippen molar-refractivity contribution in [3.05, 3.63) is 0 Å². The molecule has 2 heterocycles. The summed E-state index contributed by atoms with van der Waals surface area (Å²) in [5.41, 5.74) is -0.0711. The molecule has 0 aromatic heterocycles. The van der Waals surface area contributed by atoms with E-state index in [0.29, 0.717) is 0 Å². The van der Waals surface area contributed by atoms with E-state index in [1.807, 2.05) is 0 Å². The minimum atomic E-state index is -0.501. The second-order valence-electron chi connectivity index (χ2n) is 8.49. The van der Waals surface area contributed by atoms with Gasteiger partial charge in [0.15, 0.2) is 5.79 Å². The topological polar surface area (TPSA) is 30.9 Å². The molecule has 0 amide bonds. The zero-order valence-corrected chi connectivity index (χ0v) is 16.5. The van der Waals surface area contributed by atoms with Crippen molar-refractivity contribution in [2.75, 3.05) is 20.3 Å². The van der Waals surface area contributed by atoms with Gasteiger partial charge in [0.2, 0.25) is 0 Å². The van der Waals surface area contributed by atoms with Crippen LogP contribution in [-0.4, -0.2) is 42.3 Å². The molecule has 0 aliphatic carbocycles. The van der Waals surface area contributed by atoms with Gasteiger partial charge in [-0.15, -0.1) is 0 Å². The molecule has 0 N–H and O–H groups in total. The van der Waals surface area contributed by atoms with Crippen molar-refractivity contribution in [3.8, 4) is 0 Å². The Kier molecular flexibility index (Phi) is 5.24. The Bertz CT molecular complexity index is 419. The standard InChI is InChI=1S/C19H37NO3/c1-9-16(5)13-22-19(23-14-16)12-17(6,10-2)20(21-8)18(7,11-3)15(19)4/h15H,9-14H2,1-8H3. The molecule has 0 bridgehead atoms. The molecule has 2 aliphatic rings. The fourth-order valence-electron chi connectivity index (χ4n) is 4.40. The monoisotopic (exact) mass is 327 g/mol. The molecule has 2 fully saturated rings. The van der Waals surface area contributed by atoms with Crippen molar-refractivity contribution in [2.45, 2.75) is 91.0 Å². The fraction of sp³-hybridized carbons (Fsp3) is 1.00. The highest BCUT2D eigenvalue weighted by Crippen LogP contribution is 2.54. The summed E-state index contributed by atoms with van der Waals surface area (Å²) in [6.45, 7) is 17.3. The van der Waals surface area contributed by atoms with Gasteiger partial charge in [0.1, 0.15) is 0 Å². The van der Waals surface area contributed by atoms with Crippen molar-refractivity contribution in [3.63, 3.8) is 0 Å². The Morgan fingerprint density at radius 1 is 1.00 bits per heavy atom. The van der Waals surface area contributed by atoms with Crippen molar-refractivity contribution in [1.29, 1.82) is 0 Å². The summed E-state index contributed by atoms with van der Waals surface area (Å²) in [5.74, 6) is -0.264. The normalized spacial score (nSPS) is 48.8. The largest absolute Gasteiger partial charge is 0.349 e. The second kappa shape index (κ2) is 6.29. The molecule has 3 atom stereocenters. The van der Waals surface area contributed by atoms with E-state index in [1.165, 1.54) is 0 Å². The van der Waals surface area contributed by atoms with Gasteiger partial charge in [-0.3, -0.25) is 0 Å². The third kappa shape index (κ3) is 2.86. The summed E-state index contributed by atoms with van der Waals surface area (Å²) in [7, 11) is 1.79. The average molecular weight is 328 g/mol. The molecule has 2 saturated heterocycles. The summed E-state index contributed by atoms with van der Waals surface area (Å²) in [4.78, 5) is 5.89. The summed E-state index contributed by atoms with van der Waals surface area (Å²) < 4.78 is 13.0. The predicted octanol–water partition coefficient (Wildman–Crippen LogP) is 4.39. The van der Waals surface area contributed by atoms with E-state index in [2.05, 4.69) is 53.5 Å². The molecule has 2 aliphatic heterocycles. The first kappa shape index (κ1) is 19.2. The highest BCUT2D eigenvalue weighted by Gasteiger charge is 2.63. The Hall–Kier alpha value is -0.160. The molecule has 2 rings (SSSR count). The summed E-state index contributed by atoms with van der Waals surface area (Å²) in [5, 5.41) is 2.22. The van der Waals surface area contributed by atoms with Crippen LogP contribution >= 0.6 is 0 Å². The van der Waals surface area contributed by atoms with Crippen LogP contribution in [0.3, 0.4) is 0 Å². The fourth-order valence-corrected chi connectivity index (χ4v) is 4.40. The van der Waals surface area contributed by atoms with Crippen molar-refractivity contribution < 1.29 is 14.3 Å². The predicted molar refractivity (Wildman–Crippen MR) is 93.1 cm³/mol. The van der Waals surface area contributed by atoms with Crippen LogP contribution in [-0.2, 0) is 14.3 Å². The molecule has 3 unspecified atom stereocenters. The van der Waals surface area contributed by atoms with Crippen LogP contribution in [0.1, 0.15) is 74.1 Å². The third-order valence-corrected chi connectivity index (χ3v) is 7.02. The van der Waals surface area contributed by atoms with Crippen LogP contribution in [0.5, 0.6) is 0 Å². The van der Waals surface area contributed by atoms with Gasteiger partial charge in [-0.1, -0.05) is 34.6 Å². The molecule has 0 radical (unpaired) electrons. The minimum absolute atomic E-state index is 0.0913. The number of hydrogen-bond donors (Lipinski definition) is 0. The average Bonchev–Trinajstić information content (AvgIpc) is 2.56. The molecule has 4 nitrogen and oxygen atoms in total. The Labute approximate surface area is 142 Å². The van der Waals surface area contributed by atoms with Gasteiger partial charge >= 0.3 is 0 Å². The van der Waals surface area contributed by atoms with E-state index >= 15 is 0 Å². The molecule has 0 aromatic rings. The van der Waals surface area contributed by atoms with Gasteiger partial charge in [0.05, 0.1) is 25.9 Å². The number of piperidine rings is 1. The lowest BCUT2D eigenvalue weighted by atomic mass is 9.67. The van der Waals surface area contributed by atoms with Crippen molar-refractivity contribution >= 4 is 0 Å². The summed E-state index contributed by atoms with van der Waals surface area (Å²) >= 11 is 0. The SMILES string of the molecule is CCC1(C)COC2(CC(C)(CC)N(OC)C(C)(CC)C2C)OC1. The van der Waals surface area contributed by atoms with Crippen LogP contribution in [0.4, 0.5) is 0 Å². The molecule has 23 heavy (non-hydrogen) atoms. The number of ether oxygens (including phenoxy) is 2. The highest BCUT2D eigenvalue weighted by molar-refractivity contribution is 5.08. The van der Waals surface area contributed by atoms with Crippen LogP contribution in [0.15, 0.2) is 0 Å². The van der Waals surface area contributed by atoms with Crippen molar-refractivity contribution in [1.82, 2.24) is 5.06 Å². The van der Waals surface area contributed by atoms with Crippen LogP contribution in [0.25, 0.3) is 0 Å². The lowest BCUT2D eigenvalue weighted by Crippen LogP contribution is -2.73. The quantitative estimate of drug-likeness (QED) is 0.766. The lowest BCUT2D eigenvalue weighted by molar-refractivity contribution is -0.405. The maximum atomic E-state index is 6.51. The zero-order chi connectivity index (χ0) is 17.5. The number of nitrogens with zero attached hydrogens (tertiary/aromatic N) is 1. The van der Waals surface area contributed by atoms with E-state index in [0.717, 1.165) is 38.9 Å².